The molecule has 0 bridgehead atoms. The van der Waals surface area contributed by atoms with Crippen LogP contribution < -0.4 is 0 Å². The van der Waals surface area contributed by atoms with Crippen LogP contribution in [0.25, 0.3) is 0 Å². The average Bonchev–Trinajstić information content (AvgIpc) is 2.26. The van der Waals surface area contributed by atoms with Crippen molar-refractivity contribution >= 4 is 5.82 Å². The zero-order valence-electron chi connectivity index (χ0n) is 8.24. The van der Waals surface area contributed by atoms with Crippen LogP contribution in [0.2, 0.25) is 0 Å². The fraction of sp³-hybridized carbons (Fsp3) is 0.625. The molecular formula is C8H13N3O2. The molecule has 0 spiro atoms. The van der Waals surface area contributed by atoms with E-state index >= 15 is 0 Å². The molecule has 0 fully saturated rings. The van der Waals surface area contributed by atoms with Gasteiger partial charge in [-0.05, 0) is 30.7 Å². The van der Waals surface area contributed by atoms with Gasteiger partial charge < -0.3 is 14.7 Å². The fourth-order valence-corrected chi connectivity index (χ4v) is 1.57. The third kappa shape index (κ3) is 1.54. The Morgan fingerprint density at radius 3 is 2.23 bits per heavy atom. The molecule has 0 aliphatic heterocycles. The van der Waals surface area contributed by atoms with Gasteiger partial charge in [-0.15, -0.1) is 0 Å². The zero-order valence-corrected chi connectivity index (χ0v) is 8.24. The van der Waals surface area contributed by atoms with Crippen molar-refractivity contribution in [1.29, 1.82) is 0 Å². The number of hydrogen-bond acceptors (Lipinski definition) is 3. The molecule has 0 atom stereocenters. The van der Waals surface area contributed by atoms with E-state index < -0.39 is 4.92 Å². The highest BCUT2D eigenvalue weighted by Crippen LogP contribution is 2.21. The third-order valence-electron chi connectivity index (χ3n) is 1.99. The zero-order chi connectivity index (χ0) is 10.2. The maximum atomic E-state index is 10.5. The van der Waals surface area contributed by atoms with Crippen LogP contribution in [-0.2, 0) is 0 Å². The molecule has 1 aromatic rings. The maximum Gasteiger partial charge on any atom is 0.384 e. The highest BCUT2D eigenvalue weighted by molar-refractivity contribution is 5.28. The summed E-state index contributed by atoms with van der Waals surface area (Å²) in [5.74, 6) is 0.658. The van der Waals surface area contributed by atoms with Crippen molar-refractivity contribution in [2.24, 2.45) is 0 Å². The molecule has 0 aliphatic carbocycles. The van der Waals surface area contributed by atoms with Crippen molar-refractivity contribution in [2.45, 2.75) is 33.7 Å². The van der Waals surface area contributed by atoms with Crippen LogP contribution in [0, 0.1) is 24.0 Å². The summed E-state index contributed by atoms with van der Waals surface area (Å²) >= 11 is 0. The van der Waals surface area contributed by atoms with Crippen LogP contribution in [0.15, 0.2) is 0 Å². The number of nitrogens with zero attached hydrogens (tertiary/aromatic N) is 3. The summed E-state index contributed by atoms with van der Waals surface area (Å²) in [4.78, 5) is 14.0. The van der Waals surface area contributed by atoms with E-state index in [-0.39, 0.29) is 11.9 Å². The summed E-state index contributed by atoms with van der Waals surface area (Å²) in [5.41, 5.74) is 0.623. The van der Waals surface area contributed by atoms with Gasteiger partial charge >= 0.3 is 5.82 Å². The Morgan fingerprint density at radius 2 is 2.00 bits per heavy atom. The van der Waals surface area contributed by atoms with Crippen LogP contribution in [-0.4, -0.2) is 14.5 Å². The van der Waals surface area contributed by atoms with Crippen LogP contribution in [0.3, 0.4) is 0 Å². The fourth-order valence-electron chi connectivity index (χ4n) is 1.57. The Labute approximate surface area is 76.5 Å². The van der Waals surface area contributed by atoms with E-state index in [1.54, 1.807) is 13.8 Å². The summed E-state index contributed by atoms with van der Waals surface area (Å²) in [6.07, 6.45) is 0. The minimum atomic E-state index is -0.443. The van der Waals surface area contributed by atoms with Crippen LogP contribution in [0.1, 0.15) is 31.4 Å². The number of rotatable bonds is 2. The molecule has 0 saturated heterocycles. The van der Waals surface area contributed by atoms with Gasteiger partial charge in [0.1, 0.15) is 5.69 Å². The van der Waals surface area contributed by atoms with Gasteiger partial charge in [-0.2, -0.15) is 0 Å². The normalized spacial score (nSPS) is 10.8. The molecule has 1 rings (SSSR count). The van der Waals surface area contributed by atoms with Crippen molar-refractivity contribution in [3.63, 3.8) is 0 Å². The standard InChI is InChI=1S/C8H13N3O2/c1-5(2)10-6(3)8(11(12)13)9-7(10)4/h5H,1-4H3. The average molecular weight is 183 g/mol. The van der Waals surface area contributed by atoms with Crippen molar-refractivity contribution < 1.29 is 4.92 Å². The summed E-state index contributed by atoms with van der Waals surface area (Å²) in [6, 6.07) is 0.209. The predicted octanol–water partition coefficient (Wildman–Crippen LogP) is 1.99. The minimum absolute atomic E-state index is 0.0359. The Morgan fingerprint density at radius 1 is 1.46 bits per heavy atom. The number of imidazole rings is 1. The maximum absolute atomic E-state index is 10.5. The Kier molecular flexibility index (Phi) is 2.36. The molecule has 5 nitrogen and oxygen atoms in total. The molecule has 0 aliphatic rings. The molecule has 0 N–H and O–H groups in total. The Balaban J connectivity index is 3.30. The van der Waals surface area contributed by atoms with Gasteiger partial charge in [0, 0.05) is 13.0 Å². The number of aryl methyl sites for hydroxylation is 1. The summed E-state index contributed by atoms with van der Waals surface area (Å²) in [6.45, 7) is 7.45. The molecule has 1 aromatic heterocycles. The summed E-state index contributed by atoms with van der Waals surface area (Å²) in [7, 11) is 0. The lowest BCUT2D eigenvalue weighted by molar-refractivity contribution is -0.390. The molecule has 0 aromatic carbocycles. The molecule has 5 heteroatoms. The third-order valence-corrected chi connectivity index (χ3v) is 1.99. The number of hydrogen-bond donors (Lipinski definition) is 0. The lowest BCUT2D eigenvalue weighted by Gasteiger charge is -2.08. The van der Waals surface area contributed by atoms with Crippen LogP contribution in [0.4, 0.5) is 5.82 Å². The van der Waals surface area contributed by atoms with Crippen LogP contribution >= 0.6 is 0 Å². The van der Waals surface area contributed by atoms with E-state index in [9.17, 15) is 10.1 Å². The van der Waals surface area contributed by atoms with E-state index in [2.05, 4.69) is 4.98 Å². The van der Waals surface area contributed by atoms with E-state index in [1.807, 2.05) is 18.4 Å². The number of aromatic nitrogens is 2. The summed E-state index contributed by atoms with van der Waals surface area (Å²) in [5, 5.41) is 10.5. The first-order valence-electron chi connectivity index (χ1n) is 4.15. The van der Waals surface area contributed by atoms with E-state index in [4.69, 9.17) is 0 Å². The largest absolute Gasteiger partial charge is 0.384 e. The molecule has 0 radical (unpaired) electrons. The van der Waals surface area contributed by atoms with Crippen molar-refractivity contribution in [3.05, 3.63) is 21.6 Å². The molecule has 0 amide bonds. The quantitative estimate of drug-likeness (QED) is 0.520. The monoisotopic (exact) mass is 183 g/mol. The van der Waals surface area contributed by atoms with Crippen molar-refractivity contribution in [1.82, 2.24) is 9.55 Å². The first kappa shape index (κ1) is 9.70. The molecule has 72 valence electrons. The van der Waals surface area contributed by atoms with Gasteiger partial charge in [-0.1, -0.05) is 0 Å². The molecule has 0 saturated carbocycles. The first-order valence-corrected chi connectivity index (χ1v) is 4.15. The van der Waals surface area contributed by atoms with E-state index in [1.165, 1.54) is 0 Å². The van der Waals surface area contributed by atoms with E-state index in [0.29, 0.717) is 11.5 Å². The second-order valence-electron chi connectivity index (χ2n) is 3.29. The Bertz CT molecular complexity index is 341. The van der Waals surface area contributed by atoms with Gasteiger partial charge in [0.05, 0.1) is 0 Å². The van der Waals surface area contributed by atoms with Crippen LogP contribution in [0.5, 0.6) is 0 Å². The Hall–Kier alpha value is -1.39. The molecule has 0 unspecified atom stereocenters. The second-order valence-corrected chi connectivity index (χ2v) is 3.29. The van der Waals surface area contributed by atoms with Gasteiger partial charge in [0.25, 0.3) is 0 Å². The minimum Gasteiger partial charge on any atom is -0.358 e. The molecule has 13 heavy (non-hydrogen) atoms. The smallest absolute Gasteiger partial charge is 0.358 e. The van der Waals surface area contributed by atoms with Crippen molar-refractivity contribution in [3.8, 4) is 0 Å². The predicted molar refractivity (Wildman–Crippen MR) is 48.7 cm³/mol. The highest BCUT2D eigenvalue weighted by Gasteiger charge is 2.22. The van der Waals surface area contributed by atoms with E-state index in [0.717, 1.165) is 0 Å². The van der Waals surface area contributed by atoms with Gasteiger partial charge in [-0.25, -0.2) is 0 Å². The van der Waals surface area contributed by atoms with Gasteiger partial charge in [0.2, 0.25) is 5.82 Å². The van der Waals surface area contributed by atoms with Gasteiger partial charge in [0.15, 0.2) is 0 Å². The highest BCUT2D eigenvalue weighted by atomic mass is 16.6. The molecule has 1 heterocycles. The van der Waals surface area contributed by atoms with Gasteiger partial charge in [-0.3, -0.25) is 0 Å². The van der Waals surface area contributed by atoms with Crippen molar-refractivity contribution in [2.75, 3.05) is 0 Å². The lowest BCUT2D eigenvalue weighted by Crippen LogP contribution is -2.05. The molecular weight excluding hydrogens is 170 g/mol. The number of nitro groups is 1. The summed E-state index contributed by atoms with van der Waals surface area (Å²) < 4.78 is 1.86. The second kappa shape index (κ2) is 3.16. The first-order chi connectivity index (χ1) is 5.95. The lowest BCUT2D eigenvalue weighted by atomic mass is 10.3. The SMILES string of the molecule is Cc1nc([N+](=O)[O-])c(C)n1C(C)C. The topological polar surface area (TPSA) is 61.0 Å².